The van der Waals surface area contributed by atoms with E-state index in [0.717, 1.165) is 22.4 Å². The summed E-state index contributed by atoms with van der Waals surface area (Å²) in [6.45, 7) is 5.94. The number of carbonyl (C=O) groups is 2. The van der Waals surface area contributed by atoms with Gasteiger partial charge in [0.15, 0.2) is 0 Å². The molecule has 2 amide bonds. The SMILES string of the molecule is Cc1ccc(C[C@H]2CC(=O)N(c3cc(C)ccc3C)C2=O)cc1. The quantitative estimate of drug-likeness (QED) is 0.810. The second-order valence-corrected chi connectivity index (χ2v) is 6.45. The fourth-order valence-corrected chi connectivity index (χ4v) is 3.08. The van der Waals surface area contributed by atoms with Crippen molar-refractivity contribution >= 4 is 17.5 Å². The van der Waals surface area contributed by atoms with Crippen molar-refractivity contribution in [3.05, 3.63) is 64.7 Å². The summed E-state index contributed by atoms with van der Waals surface area (Å²) in [7, 11) is 0. The smallest absolute Gasteiger partial charge is 0.237 e. The number of carbonyl (C=O) groups excluding carboxylic acids is 2. The van der Waals surface area contributed by atoms with Gasteiger partial charge in [0.2, 0.25) is 11.8 Å². The van der Waals surface area contributed by atoms with Crippen LogP contribution in [0.5, 0.6) is 0 Å². The molecule has 0 unspecified atom stereocenters. The Kier molecular flexibility index (Phi) is 4.03. The standard InChI is InChI=1S/C20H21NO2/c1-13-5-8-16(9-6-13)11-17-12-19(22)21(20(17)23)18-10-14(2)4-7-15(18)3/h4-10,17H,11-12H2,1-3H3/t17-/m0/s1. The molecule has 0 bridgehead atoms. The van der Waals surface area contributed by atoms with Crippen LogP contribution in [0.3, 0.4) is 0 Å². The predicted octanol–water partition coefficient (Wildman–Crippen LogP) is 3.73. The first-order chi connectivity index (χ1) is 11.0. The van der Waals surface area contributed by atoms with Crippen molar-refractivity contribution in [2.75, 3.05) is 4.90 Å². The van der Waals surface area contributed by atoms with Gasteiger partial charge >= 0.3 is 0 Å². The third-order valence-electron chi connectivity index (χ3n) is 4.45. The van der Waals surface area contributed by atoms with Crippen LogP contribution in [0.2, 0.25) is 0 Å². The summed E-state index contributed by atoms with van der Waals surface area (Å²) in [5.74, 6) is -0.435. The topological polar surface area (TPSA) is 37.4 Å². The molecule has 0 aromatic heterocycles. The Morgan fingerprint density at radius 2 is 1.61 bits per heavy atom. The van der Waals surface area contributed by atoms with Gasteiger partial charge in [-0.1, -0.05) is 42.0 Å². The molecule has 1 atom stereocenters. The normalized spacial score (nSPS) is 17.9. The Hall–Kier alpha value is -2.42. The first kappa shape index (κ1) is 15.5. The molecule has 3 nitrogen and oxygen atoms in total. The maximum absolute atomic E-state index is 12.8. The van der Waals surface area contributed by atoms with Crippen LogP contribution in [-0.2, 0) is 16.0 Å². The van der Waals surface area contributed by atoms with Crippen LogP contribution in [-0.4, -0.2) is 11.8 Å². The fourth-order valence-electron chi connectivity index (χ4n) is 3.08. The number of hydrogen-bond donors (Lipinski definition) is 0. The average Bonchev–Trinajstić information content (AvgIpc) is 2.78. The molecule has 1 saturated heterocycles. The van der Waals surface area contributed by atoms with E-state index >= 15 is 0 Å². The Bertz CT molecular complexity index is 762. The number of benzene rings is 2. The van der Waals surface area contributed by atoms with Gasteiger partial charge in [0.25, 0.3) is 0 Å². The summed E-state index contributed by atoms with van der Waals surface area (Å²) >= 11 is 0. The maximum Gasteiger partial charge on any atom is 0.237 e. The van der Waals surface area contributed by atoms with Crippen LogP contribution in [0.15, 0.2) is 42.5 Å². The number of aryl methyl sites for hydroxylation is 3. The zero-order chi connectivity index (χ0) is 16.6. The first-order valence-corrected chi connectivity index (χ1v) is 7.95. The Morgan fingerprint density at radius 1 is 0.957 bits per heavy atom. The zero-order valence-electron chi connectivity index (χ0n) is 13.8. The van der Waals surface area contributed by atoms with Crippen LogP contribution in [0, 0.1) is 26.7 Å². The molecular weight excluding hydrogens is 286 g/mol. The molecule has 1 heterocycles. The summed E-state index contributed by atoms with van der Waals surface area (Å²) in [6.07, 6.45) is 0.909. The highest BCUT2D eigenvalue weighted by Crippen LogP contribution is 2.31. The van der Waals surface area contributed by atoms with Gasteiger partial charge in [-0.3, -0.25) is 14.5 Å². The lowest BCUT2D eigenvalue weighted by Gasteiger charge is -2.18. The van der Waals surface area contributed by atoms with E-state index in [-0.39, 0.29) is 17.7 Å². The van der Waals surface area contributed by atoms with E-state index in [4.69, 9.17) is 0 Å². The van der Waals surface area contributed by atoms with Gasteiger partial charge in [-0.2, -0.15) is 0 Å². The van der Waals surface area contributed by atoms with Crippen molar-refractivity contribution in [3.8, 4) is 0 Å². The number of anilines is 1. The second kappa shape index (κ2) is 5.99. The zero-order valence-corrected chi connectivity index (χ0v) is 13.8. The van der Waals surface area contributed by atoms with Crippen LogP contribution >= 0.6 is 0 Å². The summed E-state index contributed by atoms with van der Waals surface area (Å²) in [6, 6.07) is 14.0. The maximum atomic E-state index is 12.8. The highest BCUT2D eigenvalue weighted by molar-refractivity contribution is 6.21. The van der Waals surface area contributed by atoms with E-state index in [9.17, 15) is 9.59 Å². The van der Waals surface area contributed by atoms with E-state index < -0.39 is 0 Å². The number of rotatable bonds is 3. The average molecular weight is 307 g/mol. The molecule has 1 aliphatic rings. The largest absolute Gasteiger partial charge is 0.274 e. The molecule has 1 aliphatic heterocycles. The second-order valence-electron chi connectivity index (χ2n) is 6.45. The van der Waals surface area contributed by atoms with E-state index in [1.165, 1.54) is 10.5 Å². The Labute approximate surface area is 136 Å². The van der Waals surface area contributed by atoms with Gasteiger partial charge in [0.05, 0.1) is 11.6 Å². The van der Waals surface area contributed by atoms with Crippen molar-refractivity contribution in [1.29, 1.82) is 0 Å². The van der Waals surface area contributed by atoms with E-state index in [0.29, 0.717) is 12.8 Å². The van der Waals surface area contributed by atoms with E-state index in [2.05, 4.69) is 0 Å². The summed E-state index contributed by atoms with van der Waals surface area (Å²) in [4.78, 5) is 26.5. The lowest BCUT2D eigenvalue weighted by molar-refractivity contribution is -0.122. The van der Waals surface area contributed by atoms with Crippen LogP contribution in [0.25, 0.3) is 0 Å². The highest BCUT2D eigenvalue weighted by atomic mass is 16.2. The molecule has 2 aromatic rings. The molecule has 1 fully saturated rings. The number of amides is 2. The minimum Gasteiger partial charge on any atom is -0.274 e. The number of hydrogen-bond acceptors (Lipinski definition) is 2. The molecule has 0 spiro atoms. The van der Waals surface area contributed by atoms with Gasteiger partial charge in [-0.25, -0.2) is 0 Å². The van der Waals surface area contributed by atoms with Crippen LogP contribution in [0.1, 0.15) is 28.7 Å². The molecule has 23 heavy (non-hydrogen) atoms. The first-order valence-electron chi connectivity index (χ1n) is 7.95. The Balaban J connectivity index is 1.85. The Morgan fingerprint density at radius 3 is 2.30 bits per heavy atom. The predicted molar refractivity (Wildman–Crippen MR) is 91.4 cm³/mol. The number of nitrogens with zero attached hydrogens (tertiary/aromatic N) is 1. The molecule has 0 radical (unpaired) electrons. The lowest BCUT2D eigenvalue weighted by Crippen LogP contribution is -2.31. The van der Waals surface area contributed by atoms with Gasteiger partial charge in [-0.05, 0) is 49.9 Å². The fraction of sp³-hybridized carbons (Fsp3) is 0.300. The lowest BCUT2D eigenvalue weighted by atomic mass is 9.97. The molecule has 0 N–H and O–H groups in total. The monoisotopic (exact) mass is 307 g/mol. The number of imide groups is 1. The molecule has 2 aromatic carbocycles. The van der Waals surface area contributed by atoms with Crippen molar-refractivity contribution in [1.82, 2.24) is 0 Å². The molecule has 118 valence electrons. The van der Waals surface area contributed by atoms with Crippen molar-refractivity contribution < 1.29 is 9.59 Å². The van der Waals surface area contributed by atoms with Crippen LogP contribution < -0.4 is 4.90 Å². The minimum atomic E-state index is -0.259. The summed E-state index contributed by atoms with van der Waals surface area (Å²) in [5.41, 5.74) is 5.03. The van der Waals surface area contributed by atoms with E-state index in [1.807, 2.05) is 63.2 Å². The highest BCUT2D eigenvalue weighted by Gasteiger charge is 2.39. The van der Waals surface area contributed by atoms with E-state index in [1.54, 1.807) is 0 Å². The third-order valence-corrected chi connectivity index (χ3v) is 4.45. The van der Waals surface area contributed by atoms with Crippen molar-refractivity contribution in [3.63, 3.8) is 0 Å². The van der Waals surface area contributed by atoms with Crippen LogP contribution in [0.4, 0.5) is 5.69 Å². The third kappa shape index (κ3) is 3.04. The summed E-state index contributed by atoms with van der Waals surface area (Å²) in [5, 5.41) is 0. The molecule has 0 aliphatic carbocycles. The molecule has 3 rings (SSSR count). The van der Waals surface area contributed by atoms with Gasteiger partial charge in [-0.15, -0.1) is 0 Å². The van der Waals surface area contributed by atoms with Gasteiger partial charge < -0.3 is 0 Å². The molecular formula is C20H21NO2. The molecule has 0 saturated carbocycles. The summed E-state index contributed by atoms with van der Waals surface area (Å²) < 4.78 is 0. The van der Waals surface area contributed by atoms with Gasteiger partial charge in [0.1, 0.15) is 0 Å². The minimum absolute atomic E-state index is 0.0794. The van der Waals surface area contributed by atoms with Crippen molar-refractivity contribution in [2.45, 2.75) is 33.6 Å². The van der Waals surface area contributed by atoms with Gasteiger partial charge in [0, 0.05) is 6.42 Å². The van der Waals surface area contributed by atoms with Crippen molar-refractivity contribution in [2.24, 2.45) is 5.92 Å². The molecule has 3 heteroatoms.